The van der Waals surface area contributed by atoms with Crippen LogP contribution in [0.15, 0.2) is 41.6 Å². The normalized spacial score (nSPS) is 11.4. The van der Waals surface area contributed by atoms with Gasteiger partial charge in [0.25, 0.3) is 0 Å². The number of hydrogen-bond acceptors (Lipinski definition) is 2. The third-order valence-electron chi connectivity index (χ3n) is 1.44. The summed E-state index contributed by atoms with van der Waals surface area (Å²) < 4.78 is 0. The van der Waals surface area contributed by atoms with Gasteiger partial charge in [0, 0.05) is 25.5 Å². The highest BCUT2D eigenvalue weighted by atomic mass is 16.1. The molecule has 0 aromatic carbocycles. The third-order valence-corrected chi connectivity index (χ3v) is 1.44. The van der Waals surface area contributed by atoms with Crippen molar-refractivity contribution in [2.45, 2.75) is 6.92 Å². The van der Waals surface area contributed by atoms with Crippen molar-refractivity contribution in [3.05, 3.63) is 36.6 Å². The molecule has 0 aromatic heterocycles. The summed E-state index contributed by atoms with van der Waals surface area (Å²) in [5, 5.41) is 2.49. The van der Waals surface area contributed by atoms with Crippen LogP contribution in [0.1, 0.15) is 6.92 Å². The molecule has 0 aromatic rings. The molecule has 3 nitrogen and oxygen atoms in total. The number of likely N-dealkylation sites (N-methyl/N-ethyl adjacent to an activating group) is 1. The zero-order chi connectivity index (χ0) is 10.3. The van der Waals surface area contributed by atoms with Crippen molar-refractivity contribution in [3.8, 4) is 0 Å². The average molecular weight is 178 g/mol. The van der Waals surface area contributed by atoms with E-state index in [0.29, 0.717) is 5.57 Å². The summed E-state index contributed by atoms with van der Waals surface area (Å²) in [5.41, 5.74) is 1.48. The molecular weight excluding hydrogens is 164 g/mol. The molecule has 0 radical (unpaired) electrons. The van der Waals surface area contributed by atoms with E-state index in [1.807, 2.05) is 0 Å². The van der Waals surface area contributed by atoms with E-state index in [1.54, 1.807) is 20.2 Å². The average Bonchev–Trinajstić information content (AvgIpc) is 2.13. The molecule has 70 valence electrons. The van der Waals surface area contributed by atoms with Crippen LogP contribution in [-0.2, 0) is 4.79 Å². The van der Waals surface area contributed by atoms with Gasteiger partial charge in [0.2, 0.25) is 5.91 Å². The summed E-state index contributed by atoms with van der Waals surface area (Å²) in [5.74, 6) is -0.148. The Morgan fingerprint density at radius 2 is 2.15 bits per heavy atom. The number of allylic oxidation sites excluding steroid dienone is 2. The maximum atomic E-state index is 10.9. The lowest BCUT2D eigenvalue weighted by molar-refractivity contribution is -0.116. The van der Waals surface area contributed by atoms with Crippen LogP contribution in [0, 0.1) is 0 Å². The largest absolute Gasteiger partial charge is 0.356 e. The van der Waals surface area contributed by atoms with Gasteiger partial charge in [-0.3, -0.25) is 9.79 Å². The molecule has 0 aliphatic carbocycles. The Bertz CT molecular complexity index is 275. The Balaban J connectivity index is 4.41. The fraction of sp³-hybridized carbons (Fsp3) is 0.200. The van der Waals surface area contributed by atoms with Crippen LogP contribution in [0.4, 0.5) is 0 Å². The minimum absolute atomic E-state index is 0.148. The number of hydrogen-bond donors (Lipinski definition) is 1. The summed E-state index contributed by atoms with van der Waals surface area (Å²) in [6.45, 7) is 8.96. The first kappa shape index (κ1) is 11.4. The second-order valence-electron chi connectivity index (χ2n) is 2.43. The summed E-state index contributed by atoms with van der Waals surface area (Å²) in [6, 6.07) is 0. The van der Waals surface area contributed by atoms with Crippen LogP contribution < -0.4 is 5.32 Å². The Hall–Kier alpha value is -1.64. The number of nitrogens with zero attached hydrogens (tertiary/aromatic N) is 1. The minimum Gasteiger partial charge on any atom is -0.356 e. The van der Waals surface area contributed by atoms with Crippen molar-refractivity contribution in [1.82, 2.24) is 5.32 Å². The first-order valence-corrected chi connectivity index (χ1v) is 3.85. The van der Waals surface area contributed by atoms with Gasteiger partial charge >= 0.3 is 0 Å². The predicted molar refractivity (Wildman–Crippen MR) is 55.7 cm³/mol. The number of carbonyl (C=O) groups excluding carboxylic acids is 1. The molecule has 0 aliphatic rings. The van der Waals surface area contributed by atoms with Gasteiger partial charge in [-0.25, -0.2) is 0 Å². The van der Waals surface area contributed by atoms with Gasteiger partial charge in [0.05, 0.1) is 0 Å². The molecule has 0 heterocycles. The fourth-order valence-electron chi connectivity index (χ4n) is 0.606. The van der Waals surface area contributed by atoms with Crippen LogP contribution in [0.5, 0.6) is 0 Å². The molecule has 0 spiro atoms. The van der Waals surface area contributed by atoms with Crippen molar-refractivity contribution in [1.29, 1.82) is 0 Å². The Kier molecular flexibility index (Phi) is 5.19. The maximum absolute atomic E-state index is 10.9. The summed E-state index contributed by atoms with van der Waals surface area (Å²) >= 11 is 0. The third kappa shape index (κ3) is 4.74. The smallest absolute Gasteiger partial charge is 0.244 e. The SMILES string of the molecule is C=CN=CC(=C)/C(C)=C/C(=O)NC. The summed E-state index contributed by atoms with van der Waals surface area (Å²) in [6.07, 6.45) is 4.44. The lowest BCUT2D eigenvalue weighted by Gasteiger charge is -1.98. The number of aliphatic imine (C=N–C) groups is 1. The van der Waals surface area contributed by atoms with E-state index in [1.165, 1.54) is 12.3 Å². The van der Waals surface area contributed by atoms with E-state index >= 15 is 0 Å². The minimum atomic E-state index is -0.148. The van der Waals surface area contributed by atoms with Crippen molar-refractivity contribution < 1.29 is 4.79 Å². The number of nitrogens with one attached hydrogen (secondary N) is 1. The lowest BCUT2D eigenvalue weighted by atomic mass is 10.1. The van der Waals surface area contributed by atoms with Gasteiger partial charge in [-0.1, -0.05) is 13.2 Å². The molecule has 0 unspecified atom stereocenters. The molecule has 0 atom stereocenters. The van der Waals surface area contributed by atoms with E-state index < -0.39 is 0 Å². The highest BCUT2D eigenvalue weighted by Gasteiger charge is 1.96. The highest BCUT2D eigenvalue weighted by molar-refractivity contribution is 5.92. The molecule has 3 heteroatoms. The van der Waals surface area contributed by atoms with Crippen LogP contribution >= 0.6 is 0 Å². The van der Waals surface area contributed by atoms with E-state index in [0.717, 1.165) is 5.57 Å². The standard InChI is InChI=1S/C10H14N2O/c1-5-12-7-9(3)8(2)6-10(13)11-4/h5-7H,1,3H2,2,4H3,(H,11,13)/b8-6+,12-7?. The number of rotatable bonds is 4. The van der Waals surface area contributed by atoms with Crippen LogP contribution in [0.25, 0.3) is 0 Å². The predicted octanol–water partition coefficient (Wildman–Crippen LogP) is 1.45. The summed E-state index contributed by atoms with van der Waals surface area (Å²) in [7, 11) is 1.58. The van der Waals surface area contributed by atoms with Gasteiger partial charge in [-0.2, -0.15) is 0 Å². The first-order chi connectivity index (χ1) is 6.11. The number of carbonyl (C=O) groups is 1. The van der Waals surface area contributed by atoms with Crippen molar-refractivity contribution in [2.24, 2.45) is 4.99 Å². The molecule has 0 fully saturated rings. The summed E-state index contributed by atoms with van der Waals surface area (Å²) in [4.78, 5) is 14.7. The molecule has 0 saturated carbocycles. The molecule has 0 aliphatic heterocycles. The zero-order valence-corrected chi connectivity index (χ0v) is 8.00. The van der Waals surface area contributed by atoms with E-state index in [-0.39, 0.29) is 5.91 Å². The number of amides is 1. The van der Waals surface area contributed by atoms with Crippen LogP contribution in [-0.4, -0.2) is 19.2 Å². The molecule has 0 rings (SSSR count). The van der Waals surface area contributed by atoms with Crippen molar-refractivity contribution in [2.75, 3.05) is 7.05 Å². The zero-order valence-electron chi connectivity index (χ0n) is 8.00. The topological polar surface area (TPSA) is 41.5 Å². The highest BCUT2D eigenvalue weighted by Crippen LogP contribution is 2.03. The first-order valence-electron chi connectivity index (χ1n) is 3.85. The van der Waals surface area contributed by atoms with Gasteiger partial charge in [0.15, 0.2) is 0 Å². The van der Waals surface area contributed by atoms with Gasteiger partial charge < -0.3 is 5.32 Å². The molecular formula is C10H14N2O. The Labute approximate surface area is 78.6 Å². The molecule has 1 amide bonds. The van der Waals surface area contributed by atoms with E-state index in [4.69, 9.17) is 0 Å². The molecule has 1 N–H and O–H groups in total. The Morgan fingerprint density at radius 3 is 2.62 bits per heavy atom. The fourth-order valence-corrected chi connectivity index (χ4v) is 0.606. The Morgan fingerprint density at radius 1 is 1.54 bits per heavy atom. The van der Waals surface area contributed by atoms with Crippen molar-refractivity contribution in [3.63, 3.8) is 0 Å². The quantitative estimate of drug-likeness (QED) is 0.395. The second-order valence-corrected chi connectivity index (χ2v) is 2.43. The molecule has 0 saturated heterocycles. The van der Waals surface area contributed by atoms with Gasteiger partial charge in [0.1, 0.15) is 0 Å². The van der Waals surface area contributed by atoms with E-state index in [9.17, 15) is 4.79 Å². The van der Waals surface area contributed by atoms with Gasteiger partial charge in [-0.15, -0.1) is 0 Å². The molecule has 0 bridgehead atoms. The van der Waals surface area contributed by atoms with Crippen LogP contribution in [0.3, 0.4) is 0 Å². The monoisotopic (exact) mass is 178 g/mol. The van der Waals surface area contributed by atoms with Crippen LogP contribution in [0.2, 0.25) is 0 Å². The van der Waals surface area contributed by atoms with E-state index in [2.05, 4.69) is 23.5 Å². The lowest BCUT2D eigenvalue weighted by Crippen LogP contribution is -2.15. The second kappa shape index (κ2) is 5.94. The van der Waals surface area contributed by atoms with Gasteiger partial charge in [-0.05, 0) is 18.1 Å². The maximum Gasteiger partial charge on any atom is 0.244 e. The van der Waals surface area contributed by atoms with Crippen molar-refractivity contribution >= 4 is 12.1 Å². The molecule has 13 heavy (non-hydrogen) atoms.